The molecule has 0 saturated heterocycles. The molecule has 4 aromatic rings. The summed E-state index contributed by atoms with van der Waals surface area (Å²) in [5.41, 5.74) is 5.82. The van der Waals surface area contributed by atoms with Gasteiger partial charge >= 0.3 is 5.82 Å². The van der Waals surface area contributed by atoms with Gasteiger partial charge in [0.1, 0.15) is 5.52 Å². The molecule has 0 unspecified atom stereocenters. The minimum absolute atomic E-state index is 0.925. The van der Waals surface area contributed by atoms with Crippen LogP contribution in [0, 0.1) is 6.92 Å². The molecule has 0 aliphatic carbocycles. The fourth-order valence-electron chi connectivity index (χ4n) is 3.84. The fourth-order valence-corrected chi connectivity index (χ4v) is 4.92. The van der Waals surface area contributed by atoms with Crippen molar-refractivity contribution in [3.63, 3.8) is 0 Å². The van der Waals surface area contributed by atoms with Gasteiger partial charge < -0.3 is 4.90 Å². The molecular formula is C27H24N3S+. The number of nitrogens with zero attached hydrogens (tertiary/aromatic N) is 3. The van der Waals surface area contributed by atoms with Gasteiger partial charge in [-0.05, 0) is 47.8 Å². The van der Waals surface area contributed by atoms with Gasteiger partial charge in [-0.25, -0.2) is 4.57 Å². The molecule has 0 fully saturated rings. The monoisotopic (exact) mass is 422 g/mol. The predicted molar refractivity (Wildman–Crippen MR) is 132 cm³/mol. The zero-order chi connectivity index (χ0) is 21.4. The SMILES string of the molecule is Cc1ccc(/C=C/c2nc(/C=C3\Sc4ccccc4N3C)c3ccccc3[n+]2C)cc1. The Hall–Kier alpha value is -3.37. The molecule has 3 nitrogen and oxygen atoms in total. The normalized spacial score (nSPS) is 14.7. The van der Waals surface area contributed by atoms with Crippen molar-refractivity contribution in [3.05, 3.63) is 100 Å². The summed E-state index contributed by atoms with van der Waals surface area (Å²) in [4.78, 5) is 8.57. The molecule has 2 heterocycles. The van der Waals surface area contributed by atoms with Crippen molar-refractivity contribution in [2.24, 2.45) is 7.05 Å². The quantitative estimate of drug-likeness (QED) is 0.373. The van der Waals surface area contributed by atoms with Crippen molar-refractivity contribution >= 4 is 46.6 Å². The van der Waals surface area contributed by atoms with Crippen molar-refractivity contribution in [2.45, 2.75) is 11.8 Å². The third kappa shape index (κ3) is 3.75. The lowest BCUT2D eigenvalue weighted by atomic mass is 10.1. The molecule has 0 atom stereocenters. The molecule has 3 aromatic carbocycles. The van der Waals surface area contributed by atoms with Crippen LogP contribution in [0.25, 0.3) is 29.1 Å². The van der Waals surface area contributed by atoms with Crippen LogP contribution in [0.5, 0.6) is 0 Å². The van der Waals surface area contributed by atoms with Gasteiger partial charge in [0, 0.05) is 24.1 Å². The Balaban J connectivity index is 1.60. The molecular weight excluding hydrogens is 398 g/mol. The fraction of sp³-hybridized carbons (Fsp3) is 0.111. The van der Waals surface area contributed by atoms with E-state index in [0.717, 1.165) is 22.4 Å². The third-order valence-corrected chi connectivity index (χ3v) is 6.82. The lowest BCUT2D eigenvalue weighted by molar-refractivity contribution is -0.649. The van der Waals surface area contributed by atoms with E-state index in [0.29, 0.717) is 0 Å². The highest BCUT2D eigenvalue weighted by Crippen LogP contribution is 2.45. The van der Waals surface area contributed by atoms with Crippen LogP contribution in [0.1, 0.15) is 22.6 Å². The van der Waals surface area contributed by atoms with Crippen molar-refractivity contribution in [1.82, 2.24) is 4.98 Å². The standard InChI is InChI=1S/C27H24N3S/c1-19-12-14-20(15-13-19)16-17-26-28-22(21-8-4-5-9-23(21)29(26)2)18-27-30(3)24-10-6-7-11-25(24)31-27/h4-18H,1-3H3/q+1/b17-16+. The van der Waals surface area contributed by atoms with E-state index in [9.17, 15) is 0 Å². The van der Waals surface area contributed by atoms with E-state index in [2.05, 4.69) is 122 Å². The molecule has 0 amide bonds. The number of thioether (sulfide) groups is 1. The maximum atomic E-state index is 5.05. The predicted octanol–water partition coefficient (Wildman–Crippen LogP) is 6.08. The third-order valence-electron chi connectivity index (χ3n) is 5.65. The molecule has 1 aliphatic rings. The second kappa shape index (κ2) is 8.05. The summed E-state index contributed by atoms with van der Waals surface area (Å²) in [5, 5.41) is 2.33. The average Bonchev–Trinajstić information content (AvgIpc) is 3.11. The zero-order valence-electron chi connectivity index (χ0n) is 17.9. The van der Waals surface area contributed by atoms with Gasteiger partial charge in [0.05, 0.1) is 23.2 Å². The summed E-state index contributed by atoms with van der Waals surface area (Å²) >= 11 is 1.79. The molecule has 31 heavy (non-hydrogen) atoms. The summed E-state index contributed by atoms with van der Waals surface area (Å²) in [7, 11) is 4.20. The number of para-hydroxylation sites is 2. The van der Waals surface area contributed by atoms with E-state index >= 15 is 0 Å². The van der Waals surface area contributed by atoms with Crippen molar-refractivity contribution < 1.29 is 4.57 Å². The molecule has 0 saturated carbocycles. The number of hydrogen-bond acceptors (Lipinski definition) is 3. The first-order chi connectivity index (χ1) is 15.1. The second-order valence-electron chi connectivity index (χ2n) is 7.79. The minimum Gasteiger partial charge on any atom is -0.338 e. The molecule has 0 bridgehead atoms. The molecule has 0 radical (unpaired) electrons. The number of anilines is 1. The Morgan fingerprint density at radius 3 is 2.45 bits per heavy atom. The topological polar surface area (TPSA) is 20.0 Å². The molecule has 1 aromatic heterocycles. The van der Waals surface area contributed by atoms with E-state index in [1.54, 1.807) is 11.8 Å². The van der Waals surface area contributed by atoms with Gasteiger partial charge in [-0.15, -0.1) is 0 Å². The van der Waals surface area contributed by atoms with E-state index in [-0.39, 0.29) is 0 Å². The van der Waals surface area contributed by atoms with Gasteiger partial charge in [0.2, 0.25) is 0 Å². The summed E-state index contributed by atoms with van der Waals surface area (Å²) in [6, 6.07) is 25.5. The number of fused-ring (bicyclic) bond motifs is 2. The molecule has 4 heteroatoms. The number of benzene rings is 3. The van der Waals surface area contributed by atoms with Gasteiger partial charge in [-0.1, -0.05) is 65.9 Å². The highest BCUT2D eigenvalue weighted by atomic mass is 32.2. The maximum Gasteiger partial charge on any atom is 0.323 e. The smallest absolute Gasteiger partial charge is 0.323 e. The maximum absolute atomic E-state index is 5.05. The highest BCUT2D eigenvalue weighted by Gasteiger charge is 2.24. The molecule has 152 valence electrons. The van der Waals surface area contributed by atoms with E-state index in [1.807, 2.05) is 0 Å². The Labute approximate surface area is 187 Å². The first kappa shape index (κ1) is 19.6. The van der Waals surface area contributed by atoms with Crippen LogP contribution in [-0.4, -0.2) is 12.0 Å². The van der Waals surface area contributed by atoms with E-state index in [4.69, 9.17) is 4.98 Å². The van der Waals surface area contributed by atoms with Crippen molar-refractivity contribution in [3.8, 4) is 0 Å². The largest absolute Gasteiger partial charge is 0.338 e. The van der Waals surface area contributed by atoms with E-state index < -0.39 is 0 Å². The van der Waals surface area contributed by atoms with Gasteiger partial charge in [0.15, 0.2) is 5.69 Å². The van der Waals surface area contributed by atoms with Crippen molar-refractivity contribution in [2.75, 3.05) is 11.9 Å². The Morgan fingerprint density at radius 2 is 1.65 bits per heavy atom. The first-order valence-corrected chi connectivity index (χ1v) is 11.2. The molecule has 5 rings (SSSR count). The molecule has 1 aliphatic heterocycles. The lowest BCUT2D eigenvalue weighted by Crippen LogP contribution is -2.34. The van der Waals surface area contributed by atoms with Crippen LogP contribution in [0.3, 0.4) is 0 Å². The number of hydrogen-bond donors (Lipinski definition) is 0. The summed E-state index contributed by atoms with van der Waals surface area (Å²) in [6.45, 7) is 2.11. The minimum atomic E-state index is 0.925. The second-order valence-corrected chi connectivity index (χ2v) is 8.85. The van der Waals surface area contributed by atoms with Gasteiger partial charge in [0.25, 0.3) is 0 Å². The zero-order valence-corrected chi connectivity index (χ0v) is 18.7. The highest BCUT2D eigenvalue weighted by molar-refractivity contribution is 8.03. The Bertz CT molecular complexity index is 1340. The number of aromatic nitrogens is 2. The van der Waals surface area contributed by atoms with Crippen LogP contribution in [0.4, 0.5) is 5.69 Å². The number of aryl methyl sites for hydroxylation is 2. The summed E-state index contributed by atoms with van der Waals surface area (Å²) in [5.74, 6) is 0.925. The summed E-state index contributed by atoms with van der Waals surface area (Å²) < 4.78 is 2.16. The van der Waals surface area contributed by atoms with Crippen molar-refractivity contribution in [1.29, 1.82) is 0 Å². The molecule has 0 spiro atoms. The Morgan fingerprint density at radius 1 is 0.903 bits per heavy atom. The van der Waals surface area contributed by atoms with Gasteiger partial charge in [-0.3, -0.25) is 0 Å². The molecule has 0 N–H and O–H groups in total. The van der Waals surface area contributed by atoms with E-state index in [1.165, 1.54) is 26.7 Å². The number of rotatable bonds is 3. The first-order valence-electron chi connectivity index (χ1n) is 10.4. The van der Waals surface area contributed by atoms with Crippen LogP contribution in [0.2, 0.25) is 0 Å². The summed E-state index contributed by atoms with van der Waals surface area (Å²) in [6.07, 6.45) is 6.43. The van der Waals surface area contributed by atoms with Crippen LogP contribution in [0.15, 0.2) is 82.7 Å². The Kier molecular flexibility index (Phi) is 5.08. The van der Waals surface area contributed by atoms with Crippen LogP contribution >= 0.6 is 11.8 Å². The average molecular weight is 423 g/mol. The van der Waals surface area contributed by atoms with Crippen LogP contribution < -0.4 is 9.47 Å². The lowest BCUT2D eigenvalue weighted by Gasteiger charge is -2.13. The van der Waals surface area contributed by atoms with Crippen LogP contribution in [-0.2, 0) is 7.05 Å². The van der Waals surface area contributed by atoms with Gasteiger partial charge in [-0.2, -0.15) is 0 Å².